The van der Waals surface area contributed by atoms with Crippen LogP contribution < -0.4 is 0 Å². The molecule has 0 spiro atoms. The number of hydrogen-bond acceptors (Lipinski definition) is 2. The van der Waals surface area contributed by atoms with Gasteiger partial charge in [0.15, 0.2) is 0 Å². The molecule has 11 heavy (non-hydrogen) atoms. The fourth-order valence-electron chi connectivity index (χ4n) is 1.42. The lowest BCUT2D eigenvalue weighted by Crippen LogP contribution is -2.32. The molecule has 62 valence electrons. The van der Waals surface area contributed by atoms with Gasteiger partial charge >= 0.3 is 0 Å². The molecule has 2 nitrogen and oxygen atoms in total. The van der Waals surface area contributed by atoms with E-state index in [-0.39, 0.29) is 5.92 Å². The van der Waals surface area contributed by atoms with Gasteiger partial charge in [-0.3, -0.25) is 0 Å². The molecule has 0 bridgehead atoms. The second kappa shape index (κ2) is 3.19. The highest BCUT2D eigenvalue weighted by Gasteiger charge is 2.34. The van der Waals surface area contributed by atoms with Crippen molar-refractivity contribution in [1.82, 2.24) is 0 Å². The van der Waals surface area contributed by atoms with Gasteiger partial charge in [0.2, 0.25) is 0 Å². The average Bonchev–Trinajstić information content (AvgIpc) is 2.06. The fourth-order valence-corrected chi connectivity index (χ4v) is 1.42. The Morgan fingerprint density at radius 3 is 2.45 bits per heavy atom. The van der Waals surface area contributed by atoms with Crippen LogP contribution >= 0.6 is 0 Å². The summed E-state index contributed by atoms with van der Waals surface area (Å²) in [6, 6.07) is 2.12. The quantitative estimate of drug-likeness (QED) is 0.625. The van der Waals surface area contributed by atoms with E-state index in [0.717, 1.165) is 0 Å². The number of aliphatic hydroxyl groups is 1. The van der Waals surface area contributed by atoms with E-state index in [1.807, 2.05) is 0 Å². The molecule has 0 aromatic rings. The lowest BCUT2D eigenvalue weighted by Gasteiger charge is -2.29. The van der Waals surface area contributed by atoms with E-state index < -0.39 is 12.3 Å². The molecule has 1 aliphatic rings. The summed E-state index contributed by atoms with van der Waals surface area (Å²) in [7, 11) is 0. The molecule has 1 aliphatic carbocycles. The van der Waals surface area contributed by atoms with Gasteiger partial charge in [-0.15, -0.1) is 0 Å². The van der Waals surface area contributed by atoms with Gasteiger partial charge in [0.25, 0.3) is 0 Å². The molecular formula is C8H12FNO. The maximum atomic E-state index is 13.3. The Bertz CT molecular complexity index is 167. The fraction of sp³-hybridized carbons (Fsp3) is 0.875. The van der Waals surface area contributed by atoms with Crippen LogP contribution in [0.3, 0.4) is 0 Å². The van der Waals surface area contributed by atoms with Crippen molar-refractivity contribution < 1.29 is 9.50 Å². The van der Waals surface area contributed by atoms with Gasteiger partial charge in [-0.2, -0.15) is 5.26 Å². The highest BCUT2D eigenvalue weighted by Crippen LogP contribution is 2.34. The zero-order chi connectivity index (χ0) is 8.32. The van der Waals surface area contributed by atoms with Crippen molar-refractivity contribution in [2.45, 2.75) is 31.4 Å². The van der Waals surface area contributed by atoms with Crippen LogP contribution in [0.5, 0.6) is 0 Å². The van der Waals surface area contributed by atoms with E-state index in [9.17, 15) is 4.39 Å². The topological polar surface area (TPSA) is 44.0 Å². The smallest absolute Gasteiger partial charge is 0.134 e. The standard InChI is InChI=1S/C8H12FNO/c9-8(6-11)3-1-7(5-10)2-4-8/h7,11H,1-4,6H2. The normalized spacial score (nSPS) is 38.1. The van der Waals surface area contributed by atoms with Gasteiger partial charge in [-0.25, -0.2) is 4.39 Å². The SMILES string of the molecule is N#CC1CCC(F)(CO)CC1. The first-order chi connectivity index (χ1) is 5.20. The largest absolute Gasteiger partial charge is 0.393 e. The molecule has 1 saturated carbocycles. The van der Waals surface area contributed by atoms with Crippen LogP contribution in [0.4, 0.5) is 4.39 Å². The van der Waals surface area contributed by atoms with Crippen molar-refractivity contribution in [3.63, 3.8) is 0 Å². The molecule has 1 fully saturated rings. The minimum atomic E-state index is -1.40. The maximum Gasteiger partial charge on any atom is 0.134 e. The zero-order valence-electron chi connectivity index (χ0n) is 6.39. The summed E-state index contributed by atoms with van der Waals surface area (Å²) < 4.78 is 13.3. The number of aliphatic hydroxyl groups excluding tert-OH is 1. The first-order valence-electron chi connectivity index (χ1n) is 3.89. The molecule has 0 amide bonds. The van der Waals surface area contributed by atoms with Crippen LogP contribution in [-0.4, -0.2) is 17.4 Å². The van der Waals surface area contributed by atoms with Crippen LogP contribution in [0.25, 0.3) is 0 Å². The molecule has 0 saturated heterocycles. The summed E-state index contributed by atoms with van der Waals surface area (Å²) in [6.45, 7) is -0.398. The molecule has 0 heterocycles. The van der Waals surface area contributed by atoms with Gasteiger partial charge < -0.3 is 5.11 Å². The molecule has 0 aliphatic heterocycles. The first kappa shape index (κ1) is 8.48. The molecule has 0 aromatic heterocycles. The first-order valence-corrected chi connectivity index (χ1v) is 3.89. The maximum absolute atomic E-state index is 13.3. The second-order valence-corrected chi connectivity index (χ2v) is 3.21. The lowest BCUT2D eigenvalue weighted by molar-refractivity contribution is 0.0289. The Balaban J connectivity index is 2.42. The lowest BCUT2D eigenvalue weighted by atomic mass is 9.81. The Morgan fingerprint density at radius 1 is 1.55 bits per heavy atom. The van der Waals surface area contributed by atoms with Crippen molar-refractivity contribution in [3.05, 3.63) is 0 Å². The number of halogens is 1. The van der Waals surface area contributed by atoms with Crippen molar-refractivity contribution >= 4 is 0 Å². The third kappa shape index (κ3) is 1.90. The van der Waals surface area contributed by atoms with Crippen LogP contribution in [0.2, 0.25) is 0 Å². The Hall–Kier alpha value is -0.620. The second-order valence-electron chi connectivity index (χ2n) is 3.21. The van der Waals surface area contributed by atoms with Crippen LogP contribution in [-0.2, 0) is 0 Å². The summed E-state index contributed by atoms with van der Waals surface area (Å²) in [5, 5.41) is 17.2. The average molecular weight is 157 g/mol. The van der Waals surface area contributed by atoms with Crippen molar-refractivity contribution in [2.75, 3.05) is 6.61 Å². The Morgan fingerprint density at radius 2 is 2.09 bits per heavy atom. The highest BCUT2D eigenvalue weighted by molar-refractivity contribution is 4.93. The molecule has 1 rings (SSSR count). The van der Waals surface area contributed by atoms with Crippen molar-refractivity contribution in [2.24, 2.45) is 5.92 Å². The predicted octanol–water partition coefficient (Wildman–Crippen LogP) is 1.40. The van der Waals surface area contributed by atoms with Crippen LogP contribution in [0.1, 0.15) is 25.7 Å². The summed E-state index contributed by atoms with van der Waals surface area (Å²) in [5.74, 6) is 0.00502. The van der Waals surface area contributed by atoms with Crippen molar-refractivity contribution in [1.29, 1.82) is 5.26 Å². The molecule has 1 N–H and O–H groups in total. The van der Waals surface area contributed by atoms with E-state index in [4.69, 9.17) is 10.4 Å². The van der Waals surface area contributed by atoms with Gasteiger partial charge in [-0.05, 0) is 25.7 Å². The monoisotopic (exact) mass is 157 g/mol. The number of rotatable bonds is 1. The minimum Gasteiger partial charge on any atom is -0.393 e. The van der Waals surface area contributed by atoms with E-state index in [1.54, 1.807) is 0 Å². The summed E-state index contributed by atoms with van der Waals surface area (Å²) in [5.41, 5.74) is -1.40. The Labute approximate surface area is 65.6 Å². The van der Waals surface area contributed by atoms with Crippen LogP contribution in [0.15, 0.2) is 0 Å². The molecule has 0 aromatic carbocycles. The number of nitrogens with zero attached hydrogens (tertiary/aromatic N) is 1. The Kier molecular flexibility index (Phi) is 2.45. The van der Waals surface area contributed by atoms with Crippen molar-refractivity contribution in [3.8, 4) is 6.07 Å². The van der Waals surface area contributed by atoms with E-state index >= 15 is 0 Å². The number of hydrogen-bond donors (Lipinski definition) is 1. The van der Waals surface area contributed by atoms with Gasteiger partial charge in [0.05, 0.1) is 12.7 Å². The molecule has 0 atom stereocenters. The molecular weight excluding hydrogens is 145 g/mol. The van der Waals surface area contributed by atoms with E-state index in [1.165, 1.54) is 0 Å². The van der Waals surface area contributed by atoms with E-state index in [0.29, 0.717) is 25.7 Å². The van der Waals surface area contributed by atoms with Gasteiger partial charge in [-0.1, -0.05) is 0 Å². The summed E-state index contributed by atoms with van der Waals surface area (Å²) >= 11 is 0. The molecule has 0 unspecified atom stereocenters. The molecule has 3 heteroatoms. The van der Waals surface area contributed by atoms with Crippen LogP contribution in [0, 0.1) is 17.2 Å². The third-order valence-electron chi connectivity index (χ3n) is 2.35. The zero-order valence-corrected chi connectivity index (χ0v) is 6.39. The highest BCUT2D eigenvalue weighted by atomic mass is 19.1. The van der Waals surface area contributed by atoms with Gasteiger partial charge in [0.1, 0.15) is 5.67 Å². The van der Waals surface area contributed by atoms with E-state index in [2.05, 4.69) is 6.07 Å². The minimum absolute atomic E-state index is 0.00502. The summed E-state index contributed by atoms with van der Waals surface area (Å²) in [4.78, 5) is 0. The number of nitriles is 1. The molecule has 0 radical (unpaired) electrons. The predicted molar refractivity (Wildman–Crippen MR) is 38.5 cm³/mol. The third-order valence-corrected chi connectivity index (χ3v) is 2.35. The summed E-state index contributed by atoms with van der Waals surface area (Å²) in [6.07, 6.45) is 1.85. The van der Waals surface area contributed by atoms with Gasteiger partial charge in [0, 0.05) is 5.92 Å². The number of alkyl halides is 1.